The van der Waals surface area contributed by atoms with Crippen molar-refractivity contribution < 1.29 is 22.7 Å². The maximum absolute atomic E-state index is 13.8. The Labute approximate surface area is 167 Å². The van der Waals surface area contributed by atoms with Crippen LogP contribution in [0, 0.1) is 17.6 Å². The van der Waals surface area contributed by atoms with Crippen LogP contribution >= 0.6 is 0 Å². The number of carbonyl (C=O) groups is 1. The minimum Gasteiger partial charge on any atom is -0.493 e. The zero-order chi connectivity index (χ0) is 21.2. The second-order valence-corrected chi connectivity index (χ2v) is 6.02. The van der Waals surface area contributed by atoms with E-state index in [1.807, 2.05) is 6.92 Å². The number of anilines is 1. The summed E-state index contributed by atoms with van der Waals surface area (Å²) >= 11 is 0. The van der Waals surface area contributed by atoms with Crippen LogP contribution < -0.4 is 5.32 Å². The van der Waals surface area contributed by atoms with Gasteiger partial charge in [-0.25, -0.2) is 13.8 Å². The number of carbonyl (C=O) groups excluding carboxylic acids is 1. The highest BCUT2D eigenvalue weighted by Crippen LogP contribution is 2.17. The van der Waals surface area contributed by atoms with Crippen LogP contribution in [-0.2, 0) is 16.1 Å². The van der Waals surface area contributed by atoms with Gasteiger partial charge in [0.1, 0.15) is 24.0 Å². The fourth-order valence-corrected chi connectivity index (χ4v) is 2.33. The van der Waals surface area contributed by atoms with Gasteiger partial charge in [-0.1, -0.05) is 25.7 Å². The Bertz CT molecular complexity index is 939. The Morgan fingerprint density at radius 1 is 1.24 bits per heavy atom. The van der Waals surface area contributed by atoms with Gasteiger partial charge in [-0.15, -0.1) is 0 Å². The number of amides is 1. The molecule has 0 radical (unpaired) electrons. The highest BCUT2D eigenvalue weighted by atomic mass is 19.1. The van der Waals surface area contributed by atoms with Crippen molar-refractivity contribution in [1.29, 1.82) is 0 Å². The molecule has 1 aromatic heterocycles. The van der Waals surface area contributed by atoms with Gasteiger partial charge in [0.25, 0.3) is 0 Å². The number of nitrogens with one attached hydrogen (secondary N) is 1. The second-order valence-electron chi connectivity index (χ2n) is 6.02. The molecule has 0 bridgehead atoms. The molecule has 1 N–H and O–H groups in total. The van der Waals surface area contributed by atoms with E-state index in [0.29, 0.717) is 6.42 Å². The first kappa shape index (κ1) is 21.9. The van der Waals surface area contributed by atoms with Gasteiger partial charge in [-0.05, 0) is 42.3 Å². The topological polar surface area (TPSA) is 51.2 Å². The first-order valence-electron chi connectivity index (χ1n) is 8.92. The Balaban J connectivity index is 2.14. The van der Waals surface area contributed by atoms with Gasteiger partial charge < -0.3 is 10.1 Å². The fraction of sp³-hybridized carbons (Fsp3) is 0.182. The molecule has 0 spiro atoms. The Morgan fingerprint density at radius 2 is 2.03 bits per heavy atom. The van der Waals surface area contributed by atoms with E-state index in [2.05, 4.69) is 16.9 Å². The van der Waals surface area contributed by atoms with Crippen molar-refractivity contribution in [3.63, 3.8) is 0 Å². The van der Waals surface area contributed by atoms with Crippen LogP contribution in [0.2, 0.25) is 0 Å². The lowest BCUT2D eigenvalue weighted by Gasteiger charge is -2.12. The standard InChI is InChI=1S/C22H21F3N2O2/c1-3-15(4-2)7-10-18(29-14-16-8-9-17(23)12-19(16)24)13-21(28)27-20-6-5-11-26-22(20)25/h3,5-12H,1,4,13-14H2,2H3,(H,27,28)/b15-7+,18-10+. The van der Waals surface area contributed by atoms with Gasteiger partial charge >= 0.3 is 0 Å². The van der Waals surface area contributed by atoms with Crippen LogP contribution in [0.1, 0.15) is 25.3 Å². The maximum atomic E-state index is 13.8. The zero-order valence-corrected chi connectivity index (χ0v) is 15.9. The van der Waals surface area contributed by atoms with E-state index in [1.54, 1.807) is 18.2 Å². The molecular weight excluding hydrogens is 381 g/mol. The summed E-state index contributed by atoms with van der Waals surface area (Å²) in [5, 5.41) is 2.41. The highest BCUT2D eigenvalue weighted by Gasteiger charge is 2.12. The third-order valence-corrected chi connectivity index (χ3v) is 3.95. The number of hydrogen-bond acceptors (Lipinski definition) is 3. The predicted octanol–water partition coefficient (Wildman–Crippen LogP) is 5.45. The van der Waals surface area contributed by atoms with Crippen molar-refractivity contribution in [2.75, 3.05) is 5.32 Å². The quantitative estimate of drug-likeness (QED) is 0.345. The number of aromatic nitrogens is 1. The number of hydrogen-bond donors (Lipinski definition) is 1. The first-order chi connectivity index (χ1) is 13.9. The van der Waals surface area contributed by atoms with Gasteiger partial charge in [-0.2, -0.15) is 4.39 Å². The van der Waals surface area contributed by atoms with Gasteiger partial charge in [0, 0.05) is 17.8 Å². The summed E-state index contributed by atoms with van der Waals surface area (Å²) in [5.41, 5.74) is 0.981. The van der Waals surface area contributed by atoms with Gasteiger partial charge in [-0.3, -0.25) is 4.79 Å². The van der Waals surface area contributed by atoms with E-state index >= 15 is 0 Å². The molecule has 7 heteroatoms. The molecule has 1 aromatic carbocycles. The SMILES string of the molecule is C=C/C(=C\C=C(/CC(=O)Nc1cccnc1F)OCc1ccc(F)cc1F)CC. The van der Waals surface area contributed by atoms with Gasteiger partial charge in [0.2, 0.25) is 11.9 Å². The monoisotopic (exact) mass is 402 g/mol. The number of benzene rings is 1. The smallest absolute Gasteiger partial charge is 0.236 e. The van der Waals surface area contributed by atoms with E-state index in [-0.39, 0.29) is 30.0 Å². The van der Waals surface area contributed by atoms with Crippen LogP contribution in [0.3, 0.4) is 0 Å². The molecule has 152 valence electrons. The summed E-state index contributed by atoms with van der Waals surface area (Å²) in [7, 11) is 0. The van der Waals surface area contributed by atoms with Crippen molar-refractivity contribution in [3.8, 4) is 0 Å². The highest BCUT2D eigenvalue weighted by molar-refractivity contribution is 5.92. The van der Waals surface area contributed by atoms with E-state index in [1.165, 1.54) is 24.4 Å². The van der Waals surface area contributed by atoms with Crippen LogP contribution in [-0.4, -0.2) is 10.9 Å². The molecule has 0 saturated heterocycles. The summed E-state index contributed by atoms with van der Waals surface area (Å²) in [6, 6.07) is 6.02. The van der Waals surface area contributed by atoms with E-state index in [4.69, 9.17) is 4.74 Å². The van der Waals surface area contributed by atoms with Gasteiger partial charge in [0.15, 0.2) is 0 Å². The number of pyridine rings is 1. The Kier molecular flexibility index (Phi) is 8.21. The fourth-order valence-electron chi connectivity index (χ4n) is 2.33. The number of allylic oxidation sites excluding steroid dienone is 4. The summed E-state index contributed by atoms with van der Waals surface area (Å²) in [5.74, 6) is -2.56. The maximum Gasteiger partial charge on any atom is 0.236 e. The molecule has 4 nitrogen and oxygen atoms in total. The van der Waals surface area contributed by atoms with Crippen molar-refractivity contribution in [3.05, 3.63) is 95.8 Å². The molecule has 1 amide bonds. The first-order valence-corrected chi connectivity index (χ1v) is 8.92. The lowest BCUT2D eigenvalue weighted by molar-refractivity contribution is -0.116. The minimum absolute atomic E-state index is 0.0580. The summed E-state index contributed by atoms with van der Waals surface area (Å²) in [6.45, 7) is 5.44. The molecule has 1 heterocycles. The number of rotatable bonds is 9. The van der Waals surface area contributed by atoms with Crippen molar-refractivity contribution in [2.45, 2.75) is 26.4 Å². The zero-order valence-electron chi connectivity index (χ0n) is 15.9. The van der Waals surface area contributed by atoms with Crippen molar-refractivity contribution in [1.82, 2.24) is 4.98 Å². The van der Waals surface area contributed by atoms with E-state index in [0.717, 1.165) is 17.7 Å². The summed E-state index contributed by atoms with van der Waals surface area (Å²) < 4.78 is 46.1. The molecular formula is C22H21F3N2O2. The predicted molar refractivity (Wildman–Crippen MR) is 105 cm³/mol. The van der Waals surface area contributed by atoms with Crippen LogP contribution in [0.15, 0.2) is 72.7 Å². The van der Waals surface area contributed by atoms with E-state index < -0.39 is 23.5 Å². The number of ether oxygens (including phenoxy) is 1. The largest absolute Gasteiger partial charge is 0.493 e. The molecule has 2 aromatic rings. The minimum atomic E-state index is -0.805. The number of halogens is 3. The average molecular weight is 402 g/mol. The lowest BCUT2D eigenvalue weighted by Crippen LogP contribution is -2.14. The second kappa shape index (κ2) is 10.8. The molecule has 0 aliphatic rings. The molecule has 29 heavy (non-hydrogen) atoms. The molecule has 0 fully saturated rings. The Morgan fingerprint density at radius 3 is 2.69 bits per heavy atom. The third-order valence-electron chi connectivity index (χ3n) is 3.95. The van der Waals surface area contributed by atoms with Crippen molar-refractivity contribution >= 4 is 11.6 Å². The molecule has 0 aliphatic carbocycles. The molecule has 2 rings (SSSR count). The Hall–Kier alpha value is -3.35. The van der Waals surface area contributed by atoms with Crippen molar-refractivity contribution in [2.24, 2.45) is 0 Å². The van der Waals surface area contributed by atoms with E-state index in [9.17, 15) is 18.0 Å². The number of nitrogens with zero attached hydrogens (tertiary/aromatic N) is 1. The molecule has 0 saturated carbocycles. The molecule has 0 unspecified atom stereocenters. The summed E-state index contributed by atoms with van der Waals surface area (Å²) in [4.78, 5) is 15.8. The average Bonchev–Trinajstić information content (AvgIpc) is 2.69. The lowest BCUT2D eigenvalue weighted by atomic mass is 10.1. The molecule has 0 atom stereocenters. The van der Waals surface area contributed by atoms with Crippen LogP contribution in [0.4, 0.5) is 18.9 Å². The van der Waals surface area contributed by atoms with Gasteiger partial charge in [0.05, 0.1) is 12.1 Å². The van der Waals surface area contributed by atoms with Crippen LogP contribution in [0.5, 0.6) is 0 Å². The molecule has 0 aliphatic heterocycles. The van der Waals surface area contributed by atoms with Crippen LogP contribution in [0.25, 0.3) is 0 Å². The normalized spacial score (nSPS) is 11.9. The summed E-state index contributed by atoms with van der Waals surface area (Å²) in [6.07, 6.45) is 6.72. The third kappa shape index (κ3) is 6.95.